The number of anilines is 2. The van der Waals surface area contributed by atoms with Crippen molar-refractivity contribution in [2.24, 2.45) is 0 Å². The Morgan fingerprint density at radius 1 is 0.958 bits per heavy atom. The molecule has 0 unspecified atom stereocenters. The highest BCUT2D eigenvalue weighted by Gasteiger charge is 2.31. The number of para-hydroxylation sites is 2. The van der Waals surface area contributed by atoms with Crippen LogP contribution in [0.2, 0.25) is 0 Å². The molecule has 0 aromatic heterocycles. The van der Waals surface area contributed by atoms with E-state index in [1.54, 1.807) is 4.90 Å². The molecule has 4 nitrogen and oxygen atoms in total. The maximum Gasteiger partial charge on any atom is 0.266 e. The van der Waals surface area contributed by atoms with Crippen LogP contribution in [-0.4, -0.2) is 34.8 Å². The van der Waals surface area contributed by atoms with Crippen LogP contribution < -0.4 is 9.80 Å². The summed E-state index contributed by atoms with van der Waals surface area (Å²) in [5, 5.41) is 0. The zero-order valence-corrected chi connectivity index (χ0v) is 15.8. The Bertz CT molecular complexity index is 709. The molecule has 1 saturated heterocycles. The maximum atomic E-state index is 12.4. The first-order chi connectivity index (χ1) is 11.6. The van der Waals surface area contributed by atoms with Crippen molar-refractivity contribution >= 4 is 45.6 Å². The van der Waals surface area contributed by atoms with Crippen molar-refractivity contribution in [1.29, 1.82) is 0 Å². The molecule has 1 fully saturated rings. The summed E-state index contributed by atoms with van der Waals surface area (Å²) in [6.45, 7) is 8.59. The summed E-state index contributed by atoms with van der Waals surface area (Å²) in [5.41, 5.74) is 2.42. The summed E-state index contributed by atoms with van der Waals surface area (Å²) in [6.07, 6.45) is 3.94. The van der Waals surface area contributed by atoms with Crippen molar-refractivity contribution < 1.29 is 4.79 Å². The van der Waals surface area contributed by atoms with Crippen LogP contribution in [0.15, 0.2) is 47.1 Å². The average Bonchev–Trinajstić information content (AvgIpc) is 3.05. The Hall–Kier alpha value is -1.79. The van der Waals surface area contributed by atoms with E-state index >= 15 is 0 Å². The van der Waals surface area contributed by atoms with E-state index < -0.39 is 0 Å². The molecule has 2 aliphatic rings. The number of hydrogen-bond acceptors (Lipinski definition) is 5. The Morgan fingerprint density at radius 3 is 1.96 bits per heavy atom. The fraction of sp³-hybridized carbons (Fsp3) is 0.333. The third-order valence-electron chi connectivity index (χ3n) is 4.22. The van der Waals surface area contributed by atoms with Gasteiger partial charge in [-0.25, -0.2) is 0 Å². The number of amides is 1. The van der Waals surface area contributed by atoms with Crippen molar-refractivity contribution in [2.45, 2.75) is 20.8 Å². The Kier molecular flexibility index (Phi) is 4.96. The van der Waals surface area contributed by atoms with Gasteiger partial charge in [0.2, 0.25) is 0 Å². The van der Waals surface area contributed by atoms with Crippen molar-refractivity contribution in [3.63, 3.8) is 0 Å². The van der Waals surface area contributed by atoms with E-state index in [1.807, 2.05) is 19.1 Å². The van der Waals surface area contributed by atoms with Crippen molar-refractivity contribution in [1.82, 2.24) is 4.90 Å². The number of hydrogen-bond donors (Lipinski definition) is 0. The highest BCUT2D eigenvalue weighted by molar-refractivity contribution is 8.26. The van der Waals surface area contributed by atoms with Gasteiger partial charge in [-0.2, -0.15) is 0 Å². The van der Waals surface area contributed by atoms with E-state index in [0.717, 1.165) is 18.9 Å². The molecule has 0 bridgehead atoms. The van der Waals surface area contributed by atoms with Gasteiger partial charge in [0, 0.05) is 19.6 Å². The molecular formula is C18H21N3OS2. The summed E-state index contributed by atoms with van der Waals surface area (Å²) in [6, 6.07) is 8.40. The number of thiocarbonyl (C=S) groups is 1. The van der Waals surface area contributed by atoms with Crippen LogP contribution >= 0.6 is 24.0 Å². The van der Waals surface area contributed by atoms with Crippen molar-refractivity contribution in [2.75, 3.05) is 29.4 Å². The number of nitrogens with zero attached hydrogens (tertiary/aromatic N) is 3. The van der Waals surface area contributed by atoms with Crippen LogP contribution in [0, 0.1) is 0 Å². The number of rotatable bonds is 4. The zero-order valence-electron chi connectivity index (χ0n) is 14.2. The molecule has 24 heavy (non-hydrogen) atoms. The molecule has 0 radical (unpaired) electrons. The number of carbonyl (C=O) groups excluding carboxylic acids is 1. The number of likely N-dealkylation sites (N-methyl/N-ethyl adjacent to an activating group) is 1. The van der Waals surface area contributed by atoms with Crippen LogP contribution in [0.1, 0.15) is 20.8 Å². The van der Waals surface area contributed by atoms with Gasteiger partial charge in [-0.1, -0.05) is 36.1 Å². The molecule has 0 spiro atoms. The second kappa shape index (κ2) is 6.99. The first-order valence-electron chi connectivity index (χ1n) is 8.22. The van der Waals surface area contributed by atoms with Crippen LogP contribution in [0.25, 0.3) is 0 Å². The highest BCUT2D eigenvalue weighted by Crippen LogP contribution is 2.41. The number of carbonyl (C=O) groups is 1. The van der Waals surface area contributed by atoms with Crippen LogP contribution in [-0.2, 0) is 4.79 Å². The predicted molar refractivity (Wildman–Crippen MR) is 106 cm³/mol. The number of thioether (sulfide) groups is 1. The lowest BCUT2D eigenvalue weighted by atomic mass is 10.2. The lowest BCUT2D eigenvalue weighted by Gasteiger charge is -2.23. The Balaban J connectivity index is 1.97. The van der Waals surface area contributed by atoms with Crippen molar-refractivity contribution in [3.05, 3.63) is 47.1 Å². The first kappa shape index (κ1) is 17.0. The summed E-state index contributed by atoms with van der Waals surface area (Å²) in [7, 11) is 0. The minimum Gasteiger partial charge on any atom is -0.326 e. The molecule has 0 saturated carbocycles. The summed E-state index contributed by atoms with van der Waals surface area (Å²) < 4.78 is 0.640. The molecule has 1 amide bonds. The lowest BCUT2D eigenvalue weighted by Crippen LogP contribution is -2.28. The quantitative estimate of drug-likeness (QED) is 0.599. The van der Waals surface area contributed by atoms with Gasteiger partial charge in [0.1, 0.15) is 10.1 Å². The maximum absolute atomic E-state index is 12.4. The summed E-state index contributed by atoms with van der Waals surface area (Å²) in [4.78, 5) is 19.2. The largest absolute Gasteiger partial charge is 0.326 e. The Morgan fingerprint density at radius 2 is 1.50 bits per heavy atom. The molecule has 0 N–H and O–H groups in total. The van der Waals surface area contributed by atoms with Gasteiger partial charge in [0.05, 0.1) is 16.3 Å². The van der Waals surface area contributed by atoms with Gasteiger partial charge < -0.3 is 9.80 Å². The predicted octanol–water partition coefficient (Wildman–Crippen LogP) is 3.96. The van der Waals surface area contributed by atoms with Gasteiger partial charge in [0.15, 0.2) is 0 Å². The highest BCUT2D eigenvalue weighted by atomic mass is 32.2. The van der Waals surface area contributed by atoms with E-state index in [4.69, 9.17) is 12.2 Å². The molecule has 3 rings (SSSR count). The fourth-order valence-electron chi connectivity index (χ4n) is 3.09. The molecule has 0 aliphatic carbocycles. The fourth-order valence-corrected chi connectivity index (χ4v) is 4.42. The minimum absolute atomic E-state index is 0.00552. The third kappa shape index (κ3) is 2.74. The van der Waals surface area contributed by atoms with E-state index in [-0.39, 0.29) is 5.91 Å². The third-order valence-corrected chi connectivity index (χ3v) is 5.62. The average molecular weight is 360 g/mol. The number of benzene rings is 1. The van der Waals surface area contributed by atoms with Crippen LogP contribution in [0.4, 0.5) is 11.4 Å². The SMILES string of the molecule is CCN1C(=O)/C(=C/C=C2N(CC)c3ccccc3N2CC)SC1=S. The van der Waals surface area contributed by atoms with Crippen LogP contribution in [0.5, 0.6) is 0 Å². The molecule has 2 heterocycles. The number of allylic oxidation sites excluding steroid dienone is 2. The van der Waals surface area contributed by atoms with E-state index in [1.165, 1.54) is 23.1 Å². The second-order valence-electron chi connectivity index (χ2n) is 5.45. The standard InChI is InChI=1S/C18H21N3OS2/c1-4-19-13-9-7-8-10-14(13)20(5-2)16(19)12-11-15-17(22)21(6-3)18(23)24-15/h7-12H,4-6H2,1-3H3/b15-11-. The molecule has 2 aliphatic heterocycles. The number of fused-ring (bicyclic) bond motifs is 1. The van der Waals surface area contributed by atoms with Gasteiger partial charge in [-0.3, -0.25) is 9.69 Å². The second-order valence-corrected chi connectivity index (χ2v) is 7.13. The van der Waals surface area contributed by atoms with Gasteiger partial charge in [0.25, 0.3) is 5.91 Å². The van der Waals surface area contributed by atoms with Gasteiger partial charge in [-0.05, 0) is 45.1 Å². The summed E-state index contributed by atoms with van der Waals surface area (Å²) >= 11 is 6.66. The molecule has 1 aromatic carbocycles. The normalized spacial score (nSPS) is 18.9. The molecule has 0 atom stereocenters. The summed E-state index contributed by atoms with van der Waals surface area (Å²) in [5.74, 6) is 1.11. The smallest absolute Gasteiger partial charge is 0.266 e. The molecule has 6 heteroatoms. The zero-order chi connectivity index (χ0) is 17.3. The first-order valence-corrected chi connectivity index (χ1v) is 9.44. The topological polar surface area (TPSA) is 26.8 Å². The van der Waals surface area contributed by atoms with Gasteiger partial charge >= 0.3 is 0 Å². The van der Waals surface area contributed by atoms with Crippen LogP contribution in [0.3, 0.4) is 0 Å². The molecule has 1 aromatic rings. The molecule has 126 valence electrons. The lowest BCUT2D eigenvalue weighted by molar-refractivity contribution is -0.122. The Labute approximate surface area is 152 Å². The van der Waals surface area contributed by atoms with Crippen molar-refractivity contribution in [3.8, 4) is 0 Å². The molecular weight excluding hydrogens is 338 g/mol. The van der Waals surface area contributed by atoms with E-state index in [2.05, 4.69) is 47.9 Å². The monoisotopic (exact) mass is 359 g/mol. The van der Waals surface area contributed by atoms with E-state index in [9.17, 15) is 4.79 Å². The van der Waals surface area contributed by atoms with E-state index in [0.29, 0.717) is 15.8 Å². The van der Waals surface area contributed by atoms with Gasteiger partial charge in [-0.15, -0.1) is 0 Å². The minimum atomic E-state index is 0.00552.